The van der Waals surface area contributed by atoms with E-state index in [2.05, 4.69) is 32.1 Å². The lowest BCUT2D eigenvalue weighted by atomic mass is 10.2. The number of anilines is 1. The van der Waals surface area contributed by atoms with E-state index in [0.717, 1.165) is 11.0 Å². The van der Waals surface area contributed by atoms with Gasteiger partial charge in [0.1, 0.15) is 0 Å². The van der Waals surface area contributed by atoms with Crippen molar-refractivity contribution in [1.82, 2.24) is 20.3 Å². The van der Waals surface area contributed by atoms with Crippen LogP contribution in [0.15, 0.2) is 36.7 Å². The molecule has 0 aliphatic rings. The summed E-state index contributed by atoms with van der Waals surface area (Å²) in [4.78, 5) is 23.6. The molecule has 26 heavy (non-hydrogen) atoms. The van der Waals surface area contributed by atoms with Gasteiger partial charge in [0.15, 0.2) is 11.6 Å². The molecule has 0 saturated heterocycles. The molecule has 0 fully saturated rings. The van der Waals surface area contributed by atoms with Crippen molar-refractivity contribution in [2.24, 2.45) is 0 Å². The van der Waals surface area contributed by atoms with Gasteiger partial charge in [0.2, 0.25) is 0 Å². The van der Waals surface area contributed by atoms with E-state index in [9.17, 15) is 4.79 Å². The first-order chi connectivity index (χ1) is 12.6. The third-order valence-electron chi connectivity index (χ3n) is 3.74. The Bertz CT molecular complexity index is 967. The van der Waals surface area contributed by atoms with Crippen LogP contribution in [0.1, 0.15) is 29.5 Å². The Kier molecular flexibility index (Phi) is 5.04. The van der Waals surface area contributed by atoms with Crippen molar-refractivity contribution in [3.05, 3.63) is 48.0 Å². The number of nitrogens with one attached hydrogen (secondary N) is 2. The molecule has 0 aliphatic heterocycles. The van der Waals surface area contributed by atoms with Gasteiger partial charge >= 0.3 is 0 Å². The molecule has 0 bridgehead atoms. The lowest BCUT2D eigenvalue weighted by molar-refractivity contribution is 0.0931. The number of amides is 1. The van der Waals surface area contributed by atoms with Gasteiger partial charge in [-0.1, -0.05) is 24.0 Å². The van der Waals surface area contributed by atoms with Crippen molar-refractivity contribution in [1.29, 1.82) is 0 Å². The van der Waals surface area contributed by atoms with Crippen molar-refractivity contribution < 1.29 is 9.53 Å². The molecule has 2 aromatic heterocycles. The number of nitrogens with two attached hydrogens (primary N) is 1. The zero-order valence-electron chi connectivity index (χ0n) is 14.5. The monoisotopic (exact) mass is 349 g/mol. The maximum atomic E-state index is 12.3. The van der Waals surface area contributed by atoms with E-state index in [1.165, 1.54) is 13.3 Å². The highest BCUT2D eigenvalue weighted by Gasteiger charge is 2.13. The van der Waals surface area contributed by atoms with Crippen LogP contribution in [0.5, 0.6) is 5.75 Å². The second-order valence-corrected chi connectivity index (χ2v) is 5.79. The number of methoxy groups -OCH3 is 1. The topological polar surface area (TPSA) is 106 Å². The Labute approximate surface area is 151 Å². The van der Waals surface area contributed by atoms with E-state index in [0.29, 0.717) is 23.4 Å². The fourth-order valence-electron chi connectivity index (χ4n) is 2.48. The second kappa shape index (κ2) is 7.57. The standard InChI is InChI=1S/C19H19N5O2/c1-12(6-5-7-13-10-21-11-14(20)17(13)26-2)22-19(25)18-23-15-8-3-4-9-16(15)24-18/h3-4,8-12H,6,20H2,1-2H3,(H,22,25)(H,23,24)/t12-/m0/s1. The molecule has 7 heteroatoms. The number of nitrogens with zero attached hydrogens (tertiary/aromatic N) is 2. The first kappa shape index (κ1) is 17.3. The number of nitrogen functional groups attached to an aromatic ring is 1. The van der Waals surface area contributed by atoms with Gasteiger partial charge < -0.3 is 20.8 Å². The fraction of sp³-hybridized carbons (Fsp3) is 0.211. The number of hydrogen-bond donors (Lipinski definition) is 3. The largest absolute Gasteiger partial charge is 0.493 e. The van der Waals surface area contributed by atoms with Gasteiger partial charge in [-0.15, -0.1) is 0 Å². The molecule has 1 atom stereocenters. The number of carbonyl (C=O) groups excluding carboxylic acids is 1. The second-order valence-electron chi connectivity index (χ2n) is 5.79. The number of H-pyrrole nitrogens is 1. The molecular weight excluding hydrogens is 330 g/mol. The van der Waals surface area contributed by atoms with Crippen LogP contribution >= 0.6 is 0 Å². The maximum absolute atomic E-state index is 12.3. The molecule has 0 saturated carbocycles. The number of aromatic amines is 1. The minimum atomic E-state index is -0.265. The smallest absolute Gasteiger partial charge is 0.287 e. The van der Waals surface area contributed by atoms with Gasteiger partial charge in [0.25, 0.3) is 5.91 Å². The number of hydrogen-bond acceptors (Lipinski definition) is 5. The van der Waals surface area contributed by atoms with E-state index in [1.54, 1.807) is 6.20 Å². The van der Waals surface area contributed by atoms with Crippen LogP contribution in [0.25, 0.3) is 11.0 Å². The molecule has 1 aromatic carbocycles. The molecular formula is C19H19N5O2. The third kappa shape index (κ3) is 3.75. The zero-order chi connectivity index (χ0) is 18.5. The van der Waals surface area contributed by atoms with Crippen LogP contribution in [0.4, 0.5) is 5.69 Å². The quantitative estimate of drug-likeness (QED) is 0.626. The predicted octanol–water partition coefficient (Wildman–Crippen LogP) is 2.11. The molecule has 0 unspecified atom stereocenters. The number of para-hydroxylation sites is 2. The number of ether oxygens (including phenoxy) is 1. The van der Waals surface area contributed by atoms with Crippen LogP contribution in [-0.4, -0.2) is 34.0 Å². The minimum absolute atomic E-state index is 0.150. The molecule has 2 heterocycles. The van der Waals surface area contributed by atoms with Crippen molar-refractivity contribution in [2.75, 3.05) is 12.8 Å². The van der Waals surface area contributed by atoms with Crippen LogP contribution in [0.2, 0.25) is 0 Å². The molecule has 7 nitrogen and oxygen atoms in total. The molecule has 0 radical (unpaired) electrons. The highest BCUT2D eigenvalue weighted by Crippen LogP contribution is 2.23. The van der Waals surface area contributed by atoms with E-state index in [-0.39, 0.29) is 17.8 Å². The number of imidazole rings is 1. The highest BCUT2D eigenvalue weighted by molar-refractivity contribution is 5.94. The molecule has 4 N–H and O–H groups in total. The number of fused-ring (bicyclic) bond motifs is 1. The van der Waals surface area contributed by atoms with Gasteiger partial charge in [-0.3, -0.25) is 9.78 Å². The Morgan fingerprint density at radius 3 is 2.96 bits per heavy atom. The average molecular weight is 349 g/mol. The van der Waals surface area contributed by atoms with Crippen LogP contribution in [0, 0.1) is 11.8 Å². The van der Waals surface area contributed by atoms with Crippen molar-refractivity contribution >= 4 is 22.6 Å². The SMILES string of the molecule is COc1c(N)cncc1C#CC[C@H](C)NC(=O)c1nc2ccccc2[nH]1. The number of rotatable bonds is 4. The Morgan fingerprint density at radius 2 is 2.19 bits per heavy atom. The summed E-state index contributed by atoms with van der Waals surface area (Å²) >= 11 is 0. The van der Waals surface area contributed by atoms with Crippen LogP contribution in [-0.2, 0) is 0 Å². The van der Waals surface area contributed by atoms with Crippen molar-refractivity contribution in [3.8, 4) is 17.6 Å². The first-order valence-electron chi connectivity index (χ1n) is 8.10. The van der Waals surface area contributed by atoms with Gasteiger partial charge in [-0.25, -0.2) is 4.98 Å². The maximum Gasteiger partial charge on any atom is 0.287 e. The number of carbonyl (C=O) groups is 1. The summed E-state index contributed by atoms with van der Waals surface area (Å²) < 4.78 is 5.24. The normalized spacial score (nSPS) is 11.5. The van der Waals surface area contributed by atoms with E-state index >= 15 is 0 Å². The molecule has 3 aromatic rings. The predicted molar refractivity (Wildman–Crippen MR) is 99.7 cm³/mol. The Morgan fingerprint density at radius 1 is 1.38 bits per heavy atom. The van der Waals surface area contributed by atoms with Crippen molar-refractivity contribution in [3.63, 3.8) is 0 Å². The van der Waals surface area contributed by atoms with Crippen molar-refractivity contribution in [2.45, 2.75) is 19.4 Å². The summed E-state index contributed by atoms with van der Waals surface area (Å²) in [5, 5.41) is 2.88. The zero-order valence-corrected chi connectivity index (χ0v) is 14.5. The summed E-state index contributed by atoms with van der Waals surface area (Å²) in [7, 11) is 1.53. The highest BCUT2D eigenvalue weighted by atomic mass is 16.5. The molecule has 132 valence electrons. The summed E-state index contributed by atoms with van der Waals surface area (Å²) in [6.45, 7) is 1.88. The molecule has 3 rings (SSSR count). The molecule has 0 spiro atoms. The Balaban J connectivity index is 1.63. The average Bonchev–Trinajstić information content (AvgIpc) is 3.06. The van der Waals surface area contributed by atoms with E-state index < -0.39 is 0 Å². The lowest BCUT2D eigenvalue weighted by Gasteiger charge is -2.09. The fourth-order valence-corrected chi connectivity index (χ4v) is 2.48. The van der Waals surface area contributed by atoms with Gasteiger partial charge in [0.05, 0.1) is 35.6 Å². The van der Waals surface area contributed by atoms with Gasteiger partial charge in [-0.05, 0) is 19.1 Å². The Hall–Kier alpha value is -3.53. The van der Waals surface area contributed by atoms with Gasteiger partial charge in [-0.2, -0.15) is 0 Å². The summed E-state index contributed by atoms with van der Waals surface area (Å²) in [5.41, 5.74) is 8.43. The van der Waals surface area contributed by atoms with Gasteiger partial charge in [0, 0.05) is 18.7 Å². The summed E-state index contributed by atoms with van der Waals surface area (Å²) in [6.07, 6.45) is 3.57. The summed E-state index contributed by atoms with van der Waals surface area (Å²) in [5.74, 6) is 6.52. The number of pyridine rings is 1. The van der Waals surface area contributed by atoms with Crippen LogP contribution < -0.4 is 15.8 Å². The lowest BCUT2D eigenvalue weighted by Crippen LogP contribution is -2.32. The molecule has 0 aliphatic carbocycles. The summed E-state index contributed by atoms with van der Waals surface area (Å²) in [6, 6.07) is 7.34. The number of aromatic nitrogens is 3. The molecule has 1 amide bonds. The van der Waals surface area contributed by atoms with Crippen LogP contribution in [0.3, 0.4) is 0 Å². The number of benzene rings is 1. The minimum Gasteiger partial charge on any atom is -0.493 e. The first-order valence-corrected chi connectivity index (χ1v) is 8.10. The van der Waals surface area contributed by atoms with E-state index in [4.69, 9.17) is 10.5 Å². The third-order valence-corrected chi connectivity index (χ3v) is 3.74. The van der Waals surface area contributed by atoms with E-state index in [1.807, 2.05) is 31.2 Å².